The number of rotatable bonds is 3. The number of fused-ring (bicyclic) bond motifs is 1. The molecule has 0 bridgehead atoms. The van der Waals surface area contributed by atoms with Gasteiger partial charge < -0.3 is 9.53 Å². The molecule has 0 radical (unpaired) electrons. The maximum Gasteiger partial charge on any atom is 0.166 e. The Hall–Kier alpha value is -1.64. The van der Waals surface area contributed by atoms with E-state index >= 15 is 0 Å². The Kier molecular flexibility index (Phi) is 3.27. The van der Waals surface area contributed by atoms with Gasteiger partial charge in [0.25, 0.3) is 0 Å². The number of carbonyl (C=O) groups excluding carboxylic acids is 2. The van der Waals surface area contributed by atoms with Crippen molar-refractivity contribution in [2.45, 2.75) is 26.2 Å². The topological polar surface area (TPSA) is 43.4 Å². The van der Waals surface area contributed by atoms with Crippen molar-refractivity contribution in [2.75, 3.05) is 7.11 Å². The lowest BCUT2D eigenvalue weighted by atomic mass is 9.80. The number of ketones is 2. The van der Waals surface area contributed by atoms with E-state index in [1.165, 1.54) is 6.92 Å². The monoisotopic (exact) mass is 232 g/mol. The standard InChI is InChI=1S/C14H16O3/c1-9(15)7-11-4-3-10-8-12(17-2)5-6-13(10)14(11)16/h5-6,8,11H,3-4,7H2,1-2H3/t11-/m0/s1. The van der Waals surface area contributed by atoms with Crippen LogP contribution >= 0.6 is 0 Å². The van der Waals surface area contributed by atoms with Crippen LogP contribution in [0, 0.1) is 5.92 Å². The van der Waals surface area contributed by atoms with E-state index in [1.54, 1.807) is 13.2 Å². The first-order valence-corrected chi connectivity index (χ1v) is 5.82. The summed E-state index contributed by atoms with van der Waals surface area (Å²) in [6, 6.07) is 5.52. The zero-order valence-electron chi connectivity index (χ0n) is 10.2. The first-order chi connectivity index (χ1) is 8.11. The van der Waals surface area contributed by atoms with Crippen molar-refractivity contribution >= 4 is 11.6 Å². The van der Waals surface area contributed by atoms with Crippen molar-refractivity contribution < 1.29 is 14.3 Å². The van der Waals surface area contributed by atoms with E-state index in [-0.39, 0.29) is 17.5 Å². The smallest absolute Gasteiger partial charge is 0.166 e. The lowest BCUT2D eigenvalue weighted by Gasteiger charge is -2.22. The van der Waals surface area contributed by atoms with Gasteiger partial charge in [-0.05, 0) is 43.5 Å². The average molecular weight is 232 g/mol. The average Bonchev–Trinajstić information content (AvgIpc) is 2.32. The van der Waals surface area contributed by atoms with Gasteiger partial charge in [0.1, 0.15) is 11.5 Å². The number of ether oxygens (including phenoxy) is 1. The second-order valence-corrected chi connectivity index (χ2v) is 4.53. The van der Waals surface area contributed by atoms with Crippen molar-refractivity contribution in [1.82, 2.24) is 0 Å². The molecule has 3 heteroatoms. The SMILES string of the molecule is COc1ccc2c(c1)CC[C@@H](CC(C)=O)C2=O. The number of Topliss-reactive ketones (excluding diaryl/α,β-unsaturated/α-hetero) is 2. The van der Waals surface area contributed by atoms with Gasteiger partial charge in [-0.1, -0.05) is 0 Å². The van der Waals surface area contributed by atoms with E-state index in [0.717, 1.165) is 29.7 Å². The highest BCUT2D eigenvalue weighted by Crippen LogP contribution is 2.30. The third-order valence-corrected chi connectivity index (χ3v) is 3.24. The predicted octanol–water partition coefficient (Wildman–Crippen LogP) is 2.42. The van der Waals surface area contributed by atoms with Crippen LogP contribution in [-0.4, -0.2) is 18.7 Å². The molecule has 1 aliphatic carbocycles. The van der Waals surface area contributed by atoms with Gasteiger partial charge in [-0.3, -0.25) is 4.79 Å². The van der Waals surface area contributed by atoms with Crippen molar-refractivity contribution in [2.24, 2.45) is 5.92 Å². The van der Waals surface area contributed by atoms with Crippen LogP contribution in [0.3, 0.4) is 0 Å². The summed E-state index contributed by atoms with van der Waals surface area (Å²) < 4.78 is 5.14. The molecule has 0 fully saturated rings. The fourth-order valence-corrected chi connectivity index (χ4v) is 2.37. The minimum atomic E-state index is -0.131. The normalized spacial score (nSPS) is 18.7. The Morgan fingerprint density at radius 1 is 1.47 bits per heavy atom. The molecule has 1 atom stereocenters. The largest absolute Gasteiger partial charge is 0.497 e. The summed E-state index contributed by atoms with van der Waals surface area (Å²) in [5, 5.41) is 0. The van der Waals surface area contributed by atoms with E-state index in [1.807, 2.05) is 12.1 Å². The summed E-state index contributed by atoms with van der Waals surface area (Å²) in [6.45, 7) is 1.54. The number of aryl methyl sites for hydroxylation is 1. The second-order valence-electron chi connectivity index (χ2n) is 4.53. The maximum absolute atomic E-state index is 12.2. The third kappa shape index (κ3) is 2.38. The molecule has 1 aliphatic rings. The van der Waals surface area contributed by atoms with E-state index in [4.69, 9.17) is 4.74 Å². The molecule has 0 aliphatic heterocycles. The molecule has 0 spiro atoms. The molecule has 1 aromatic rings. The molecule has 17 heavy (non-hydrogen) atoms. The first kappa shape index (κ1) is 11.8. The minimum absolute atomic E-state index is 0.0836. The van der Waals surface area contributed by atoms with E-state index in [0.29, 0.717) is 6.42 Å². The maximum atomic E-state index is 12.2. The van der Waals surface area contributed by atoms with Gasteiger partial charge in [0.15, 0.2) is 5.78 Å². The van der Waals surface area contributed by atoms with Crippen LogP contribution in [0.4, 0.5) is 0 Å². The number of hydrogen-bond donors (Lipinski definition) is 0. The molecule has 0 aromatic heterocycles. The molecule has 3 nitrogen and oxygen atoms in total. The number of benzene rings is 1. The molecule has 0 saturated heterocycles. The fraction of sp³-hybridized carbons (Fsp3) is 0.429. The van der Waals surface area contributed by atoms with Crippen LogP contribution in [0.25, 0.3) is 0 Å². The Balaban J connectivity index is 2.27. The van der Waals surface area contributed by atoms with Crippen LogP contribution < -0.4 is 4.74 Å². The van der Waals surface area contributed by atoms with Crippen molar-refractivity contribution in [3.05, 3.63) is 29.3 Å². The van der Waals surface area contributed by atoms with E-state index in [2.05, 4.69) is 0 Å². The number of hydrogen-bond acceptors (Lipinski definition) is 3. The minimum Gasteiger partial charge on any atom is -0.497 e. The van der Waals surface area contributed by atoms with Crippen LogP contribution in [0.5, 0.6) is 5.75 Å². The van der Waals surface area contributed by atoms with Gasteiger partial charge >= 0.3 is 0 Å². The molecular weight excluding hydrogens is 216 g/mol. The van der Waals surface area contributed by atoms with Crippen molar-refractivity contribution in [3.8, 4) is 5.75 Å². The Labute approximate surface area is 101 Å². The second kappa shape index (κ2) is 4.70. The molecular formula is C14H16O3. The zero-order valence-corrected chi connectivity index (χ0v) is 10.2. The highest BCUT2D eigenvalue weighted by atomic mass is 16.5. The van der Waals surface area contributed by atoms with Gasteiger partial charge in [0.2, 0.25) is 0 Å². The molecule has 0 heterocycles. The Morgan fingerprint density at radius 3 is 2.88 bits per heavy atom. The summed E-state index contributed by atoms with van der Waals surface area (Å²) in [5.74, 6) is 0.833. The zero-order chi connectivity index (χ0) is 12.4. The molecule has 0 N–H and O–H groups in total. The molecule has 0 amide bonds. The van der Waals surface area contributed by atoms with Gasteiger partial charge in [-0.2, -0.15) is 0 Å². The molecule has 90 valence electrons. The van der Waals surface area contributed by atoms with E-state index in [9.17, 15) is 9.59 Å². The summed E-state index contributed by atoms with van der Waals surface area (Å²) in [7, 11) is 1.62. The lowest BCUT2D eigenvalue weighted by Crippen LogP contribution is -2.24. The molecule has 2 rings (SSSR count). The summed E-state index contributed by atoms with van der Waals surface area (Å²) >= 11 is 0. The summed E-state index contributed by atoms with van der Waals surface area (Å²) in [5.41, 5.74) is 1.79. The van der Waals surface area contributed by atoms with Crippen LogP contribution in [-0.2, 0) is 11.2 Å². The highest BCUT2D eigenvalue weighted by Gasteiger charge is 2.28. The molecule has 1 aromatic carbocycles. The highest BCUT2D eigenvalue weighted by molar-refractivity contribution is 6.02. The van der Waals surface area contributed by atoms with Gasteiger partial charge in [0.05, 0.1) is 7.11 Å². The number of methoxy groups -OCH3 is 1. The fourth-order valence-electron chi connectivity index (χ4n) is 2.37. The Bertz CT molecular complexity index is 463. The van der Waals surface area contributed by atoms with Gasteiger partial charge in [0, 0.05) is 17.9 Å². The first-order valence-electron chi connectivity index (χ1n) is 5.82. The Morgan fingerprint density at radius 2 is 2.24 bits per heavy atom. The number of carbonyl (C=O) groups is 2. The van der Waals surface area contributed by atoms with Crippen LogP contribution in [0.2, 0.25) is 0 Å². The van der Waals surface area contributed by atoms with Crippen LogP contribution in [0.1, 0.15) is 35.7 Å². The van der Waals surface area contributed by atoms with E-state index < -0.39 is 0 Å². The van der Waals surface area contributed by atoms with Gasteiger partial charge in [-0.15, -0.1) is 0 Å². The third-order valence-electron chi connectivity index (χ3n) is 3.24. The van der Waals surface area contributed by atoms with Gasteiger partial charge in [-0.25, -0.2) is 0 Å². The quantitative estimate of drug-likeness (QED) is 0.803. The van der Waals surface area contributed by atoms with Crippen molar-refractivity contribution in [1.29, 1.82) is 0 Å². The molecule has 0 unspecified atom stereocenters. The summed E-state index contributed by atoms with van der Waals surface area (Å²) in [6.07, 6.45) is 1.97. The van der Waals surface area contributed by atoms with Crippen molar-refractivity contribution in [3.63, 3.8) is 0 Å². The molecule has 0 saturated carbocycles. The van der Waals surface area contributed by atoms with Crippen LogP contribution in [0.15, 0.2) is 18.2 Å². The summed E-state index contributed by atoms with van der Waals surface area (Å²) in [4.78, 5) is 23.3. The predicted molar refractivity (Wildman–Crippen MR) is 64.4 cm³/mol. The lowest BCUT2D eigenvalue weighted by molar-refractivity contribution is -0.117.